The Hall–Kier alpha value is -2.93. The second-order valence-electron chi connectivity index (χ2n) is 5.23. The lowest BCUT2D eigenvalue weighted by molar-refractivity contribution is 0.173. The van der Waals surface area contributed by atoms with Crippen LogP contribution < -0.4 is 15.6 Å². The number of benzene rings is 2. The van der Waals surface area contributed by atoms with Crippen LogP contribution >= 0.6 is 11.6 Å². The first-order chi connectivity index (χ1) is 12.5. The summed E-state index contributed by atoms with van der Waals surface area (Å²) in [6, 6.07) is 12.9. The zero-order valence-corrected chi connectivity index (χ0v) is 15.5. The van der Waals surface area contributed by atoms with Gasteiger partial charge in [0.05, 0.1) is 23.5 Å². The fraction of sp³-hybridized carbons (Fsp3) is 0.222. The molecule has 0 fully saturated rings. The molecule has 0 heterocycles. The van der Waals surface area contributed by atoms with E-state index in [1.807, 2.05) is 37.3 Å². The van der Waals surface area contributed by atoms with Crippen molar-refractivity contribution in [3.05, 3.63) is 58.6 Å². The van der Waals surface area contributed by atoms with Gasteiger partial charge in [-0.2, -0.15) is 0 Å². The largest absolute Gasteiger partial charge is 0.489 e. The predicted molar refractivity (Wildman–Crippen MR) is 101 cm³/mol. The van der Waals surface area contributed by atoms with Gasteiger partial charge in [-0.25, -0.2) is 10.2 Å². The van der Waals surface area contributed by atoms with Gasteiger partial charge in [-0.05, 0) is 54.4 Å². The highest BCUT2D eigenvalue weighted by atomic mass is 35.5. The van der Waals surface area contributed by atoms with Crippen molar-refractivity contribution in [3.8, 4) is 5.75 Å². The van der Waals surface area contributed by atoms with Crippen molar-refractivity contribution in [2.75, 3.05) is 19.6 Å². The normalized spacial score (nSPS) is 10.8. The van der Waals surface area contributed by atoms with Gasteiger partial charge in [0.2, 0.25) is 0 Å². The van der Waals surface area contributed by atoms with Crippen LogP contribution in [0, 0.1) is 0 Å². The van der Waals surface area contributed by atoms with Gasteiger partial charge in [-0.15, -0.1) is 0 Å². The molecule has 0 spiro atoms. The SMILES string of the molecule is CO/N=C(/C)c1ccc(OCc2ccc(Cl)c(NNC(=O)OC)c2)cc1. The summed E-state index contributed by atoms with van der Waals surface area (Å²) in [6.07, 6.45) is -0.616. The number of hydrogen-bond acceptors (Lipinski definition) is 6. The molecular formula is C18H20ClN3O4. The maximum atomic E-state index is 11.1. The van der Waals surface area contributed by atoms with Crippen LogP contribution in [0.5, 0.6) is 5.75 Å². The minimum atomic E-state index is -0.616. The summed E-state index contributed by atoms with van der Waals surface area (Å²) >= 11 is 6.10. The molecule has 7 nitrogen and oxygen atoms in total. The van der Waals surface area contributed by atoms with Crippen molar-refractivity contribution in [1.29, 1.82) is 0 Å². The molecule has 2 aromatic rings. The van der Waals surface area contributed by atoms with Crippen molar-refractivity contribution in [3.63, 3.8) is 0 Å². The number of methoxy groups -OCH3 is 1. The number of carbonyl (C=O) groups is 1. The van der Waals surface area contributed by atoms with Crippen molar-refractivity contribution in [2.45, 2.75) is 13.5 Å². The van der Waals surface area contributed by atoms with E-state index in [2.05, 4.69) is 20.7 Å². The third-order valence-electron chi connectivity index (χ3n) is 3.42. The molecule has 2 aromatic carbocycles. The van der Waals surface area contributed by atoms with Gasteiger partial charge in [0, 0.05) is 0 Å². The molecule has 0 saturated carbocycles. The first-order valence-corrected chi connectivity index (χ1v) is 8.10. The number of carbonyl (C=O) groups excluding carboxylic acids is 1. The molecule has 26 heavy (non-hydrogen) atoms. The topological polar surface area (TPSA) is 81.2 Å². The first-order valence-electron chi connectivity index (χ1n) is 7.73. The molecule has 0 aliphatic heterocycles. The fourth-order valence-corrected chi connectivity index (χ4v) is 2.24. The lowest BCUT2D eigenvalue weighted by atomic mass is 10.1. The Kier molecular flexibility index (Phi) is 7.11. The van der Waals surface area contributed by atoms with E-state index in [0.29, 0.717) is 17.3 Å². The number of hydrazine groups is 1. The molecule has 0 aliphatic carbocycles. The quantitative estimate of drug-likeness (QED) is 0.563. The minimum absolute atomic E-state index is 0.342. The van der Waals surface area contributed by atoms with Gasteiger partial charge < -0.3 is 14.3 Å². The molecule has 2 rings (SSSR count). The Morgan fingerprint density at radius 3 is 2.54 bits per heavy atom. The first kappa shape index (κ1) is 19.4. The molecule has 0 radical (unpaired) electrons. The van der Waals surface area contributed by atoms with E-state index in [4.69, 9.17) is 21.2 Å². The van der Waals surface area contributed by atoms with Crippen molar-refractivity contribution < 1.29 is 19.1 Å². The Morgan fingerprint density at radius 2 is 1.88 bits per heavy atom. The van der Waals surface area contributed by atoms with E-state index in [0.717, 1.165) is 22.6 Å². The molecule has 0 atom stereocenters. The summed E-state index contributed by atoms with van der Waals surface area (Å²) in [5.41, 5.74) is 8.21. The van der Waals surface area contributed by atoms with Crippen molar-refractivity contribution in [1.82, 2.24) is 5.43 Å². The number of rotatable bonds is 7. The maximum Gasteiger partial charge on any atom is 0.425 e. The average molecular weight is 378 g/mol. The summed E-state index contributed by atoms with van der Waals surface area (Å²) in [5, 5.41) is 4.35. The second-order valence-corrected chi connectivity index (χ2v) is 5.64. The van der Waals surface area contributed by atoms with Gasteiger partial charge in [-0.3, -0.25) is 5.43 Å². The van der Waals surface area contributed by atoms with Gasteiger partial charge in [0.1, 0.15) is 19.5 Å². The van der Waals surface area contributed by atoms with Crippen LogP contribution in [0.1, 0.15) is 18.1 Å². The lowest BCUT2D eigenvalue weighted by Gasteiger charge is -2.12. The summed E-state index contributed by atoms with van der Waals surface area (Å²) < 4.78 is 10.3. The van der Waals surface area contributed by atoms with Crippen LogP contribution in [0.15, 0.2) is 47.6 Å². The van der Waals surface area contributed by atoms with Gasteiger partial charge in [0.25, 0.3) is 0 Å². The number of ether oxygens (including phenoxy) is 2. The third-order valence-corrected chi connectivity index (χ3v) is 3.75. The third kappa shape index (κ3) is 5.56. The number of nitrogens with one attached hydrogen (secondary N) is 2. The Morgan fingerprint density at radius 1 is 1.15 bits per heavy atom. The standard InChI is InChI=1S/C18H20ClN3O4/c1-12(22-25-3)14-5-7-15(8-6-14)26-11-13-4-9-16(19)17(10-13)20-21-18(23)24-2/h4-10,20H,11H2,1-3H3,(H,21,23)/b22-12-. The van der Waals surface area contributed by atoms with Crippen LogP contribution in [-0.2, 0) is 16.2 Å². The Labute approximate surface area is 156 Å². The number of halogens is 1. The summed E-state index contributed by atoms with van der Waals surface area (Å²) in [7, 11) is 2.79. The lowest BCUT2D eigenvalue weighted by Crippen LogP contribution is -2.29. The summed E-state index contributed by atoms with van der Waals surface area (Å²) in [4.78, 5) is 15.9. The molecule has 0 aromatic heterocycles. The molecule has 0 bridgehead atoms. The monoisotopic (exact) mass is 377 g/mol. The smallest absolute Gasteiger partial charge is 0.425 e. The van der Waals surface area contributed by atoms with E-state index >= 15 is 0 Å². The molecule has 8 heteroatoms. The number of hydrogen-bond donors (Lipinski definition) is 2. The Balaban J connectivity index is 1.98. The van der Waals surface area contributed by atoms with Gasteiger partial charge in [0.15, 0.2) is 0 Å². The fourth-order valence-electron chi connectivity index (χ4n) is 2.08. The van der Waals surface area contributed by atoms with Crippen LogP contribution in [0.3, 0.4) is 0 Å². The van der Waals surface area contributed by atoms with E-state index in [1.54, 1.807) is 12.1 Å². The van der Waals surface area contributed by atoms with E-state index in [-0.39, 0.29) is 0 Å². The molecular weight excluding hydrogens is 358 g/mol. The Bertz CT molecular complexity index is 779. The zero-order valence-electron chi connectivity index (χ0n) is 14.7. The van der Waals surface area contributed by atoms with Gasteiger partial charge in [-0.1, -0.05) is 22.8 Å². The van der Waals surface area contributed by atoms with Crippen LogP contribution in [0.4, 0.5) is 10.5 Å². The zero-order chi connectivity index (χ0) is 18.9. The maximum absolute atomic E-state index is 11.1. The van der Waals surface area contributed by atoms with Crippen LogP contribution in [-0.4, -0.2) is 26.0 Å². The van der Waals surface area contributed by atoms with E-state index in [1.165, 1.54) is 14.2 Å². The highest BCUT2D eigenvalue weighted by molar-refractivity contribution is 6.33. The molecule has 0 unspecified atom stereocenters. The highest BCUT2D eigenvalue weighted by Crippen LogP contribution is 2.23. The van der Waals surface area contributed by atoms with Crippen LogP contribution in [0.2, 0.25) is 5.02 Å². The number of nitrogens with zero attached hydrogens (tertiary/aromatic N) is 1. The molecule has 1 amide bonds. The van der Waals surface area contributed by atoms with Crippen LogP contribution in [0.25, 0.3) is 0 Å². The second kappa shape index (κ2) is 9.53. The van der Waals surface area contributed by atoms with Crippen molar-refractivity contribution >= 4 is 29.1 Å². The highest BCUT2D eigenvalue weighted by Gasteiger charge is 2.05. The predicted octanol–water partition coefficient (Wildman–Crippen LogP) is 3.97. The molecule has 0 saturated heterocycles. The van der Waals surface area contributed by atoms with Gasteiger partial charge >= 0.3 is 6.09 Å². The summed E-state index contributed by atoms with van der Waals surface area (Å²) in [5.74, 6) is 0.719. The average Bonchev–Trinajstić information content (AvgIpc) is 2.66. The number of anilines is 1. The number of amides is 1. The molecule has 138 valence electrons. The van der Waals surface area contributed by atoms with Crippen molar-refractivity contribution in [2.24, 2.45) is 5.16 Å². The molecule has 0 aliphatic rings. The molecule has 2 N–H and O–H groups in total. The van der Waals surface area contributed by atoms with E-state index < -0.39 is 6.09 Å². The number of oxime groups is 1. The van der Waals surface area contributed by atoms with E-state index in [9.17, 15) is 4.79 Å². The summed E-state index contributed by atoms with van der Waals surface area (Å²) in [6.45, 7) is 2.21. The minimum Gasteiger partial charge on any atom is -0.489 e.